The molecule has 0 aliphatic carbocycles. The first-order chi connectivity index (χ1) is 9.35. The van der Waals surface area contributed by atoms with Gasteiger partial charge in [-0.1, -0.05) is 6.07 Å². The molecule has 1 aromatic heterocycles. The van der Waals surface area contributed by atoms with Crippen molar-refractivity contribution >= 4 is 0 Å². The minimum absolute atomic E-state index is 0.0277. The summed E-state index contributed by atoms with van der Waals surface area (Å²) in [7, 11) is 0. The zero-order valence-corrected chi connectivity index (χ0v) is 12.4. The Morgan fingerprint density at radius 1 is 1.20 bits per heavy atom. The van der Waals surface area contributed by atoms with E-state index in [0.29, 0.717) is 12.4 Å². The Hall–Kier alpha value is -1.81. The van der Waals surface area contributed by atoms with Gasteiger partial charge in [0, 0.05) is 23.8 Å². The molecule has 0 saturated heterocycles. The molecule has 2 rings (SSSR count). The highest BCUT2D eigenvalue weighted by atomic mass is 19.1. The van der Waals surface area contributed by atoms with E-state index >= 15 is 0 Å². The maximum absolute atomic E-state index is 13.4. The molecular weight excluding hydrogens is 253 g/mol. The van der Waals surface area contributed by atoms with Gasteiger partial charge in [0.1, 0.15) is 5.82 Å². The van der Waals surface area contributed by atoms with Crippen molar-refractivity contribution in [1.82, 2.24) is 15.3 Å². The van der Waals surface area contributed by atoms with Crippen molar-refractivity contribution in [2.45, 2.75) is 39.8 Å². The first-order valence-electron chi connectivity index (χ1n) is 6.69. The number of hydrogen-bond donors (Lipinski definition) is 1. The lowest BCUT2D eigenvalue weighted by molar-refractivity contribution is 0.421. The quantitative estimate of drug-likeness (QED) is 0.930. The van der Waals surface area contributed by atoms with E-state index in [-0.39, 0.29) is 11.4 Å². The molecule has 0 bridgehead atoms. The van der Waals surface area contributed by atoms with Gasteiger partial charge in [-0.3, -0.25) is 0 Å². The maximum atomic E-state index is 13.4. The first-order valence-corrected chi connectivity index (χ1v) is 6.69. The van der Waals surface area contributed by atoms with Gasteiger partial charge in [0.2, 0.25) is 0 Å². The fourth-order valence-corrected chi connectivity index (χ4v) is 1.82. The molecule has 106 valence electrons. The second-order valence-corrected chi connectivity index (χ2v) is 5.93. The summed E-state index contributed by atoms with van der Waals surface area (Å²) in [6.45, 7) is 8.90. The van der Waals surface area contributed by atoms with Gasteiger partial charge in [0.25, 0.3) is 0 Å². The SMILES string of the molecule is Cc1ccc(F)cc1-c1nccc(CNC(C)(C)C)n1. The van der Waals surface area contributed by atoms with E-state index in [1.54, 1.807) is 12.3 Å². The molecule has 0 radical (unpaired) electrons. The molecular formula is C16H20FN3. The van der Waals surface area contributed by atoms with Crippen LogP contribution in [0.3, 0.4) is 0 Å². The highest BCUT2D eigenvalue weighted by molar-refractivity contribution is 5.59. The largest absolute Gasteiger partial charge is 0.306 e. The molecule has 1 heterocycles. The van der Waals surface area contributed by atoms with Crippen LogP contribution in [0.5, 0.6) is 0 Å². The summed E-state index contributed by atoms with van der Waals surface area (Å²) >= 11 is 0. The van der Waals surface area contributed by atoms with Crippen molar-refractivity contribution in [3.8, 4) is 11.4 Å². The van der Waals surface area contributed by atoms with Gasteiger partial charge in [-0.2, -0.15) is 0 Å². The zero-order valence-electron chi connectivity index (χ0n) is 12.4. The van der Waals surface area contributed by atoms with E-state index in [1.165, 1.54) is 12.1 Å². The summed E-state index contributed by atoms with van der Waals surface area (Å²) < 4.78 is 13.4. The lowest BCUT2D eigenvalue weighted by Gasteiger charge is -2.20. The Kier molecular flexibility index (Phi) is 4.14. The predicted octanol–water partition coefficient (Wildman–Crippen LogP) is 3.48. The van der Waals surface area contributed by atoms with E-state index < -0.39 is 0 Å². The third kappa shape index (κ3) is 3.84. The molecule has 4 heteroatoms. The lowest BCUT2D eigenvalue weighted by atomic mass is 10.1. The van der Waals surface area contributed by atoms with Crippen LogP contribution in [0.4, 0.5) is 4.39 Å². The number of nitrogens with one attached hydrogen (secondary N) is 1. The molecule has 2 aromatic rings. The summed E-state index contributed by atoms with van der Waals surface area (Å²) in [6.07, 6.45) is 1.71. The third-order valence-corrected chi connectivity index (χ3v) is 2.95. The van der Waals surface area contributed by atoms with Crippen LogP contribution in [0.25, 0.3) is 11.4 Å². The summed E-state index contributed by atoms with van der Waals surface area (Å²) in [5, 5.41) is 3.38. The Morgan fingerprint density at radius 3 is 2.65 bits per heavy atom. The van der Waals surface area contributed by atoms with Gasteiger partial charge < -0.3 is 5.32 Å². The fourth-order valence-electron chi connectivity index (χ4n) is 1.82. The van der Waals surface area contributed by atoms with Crippen LogP contribution < -0.4 is 5.32 Å². The number of hydrogen-bond acceptors (Lipinski definition) is 3. The van der Waals surface area contributed by atoms with Crippen LogP contribution in [0.15, 0.2) is 30.5 Å². The Morgan fingerprint density at radius 2 is 1.95 bits per heavy atom. The monoisotopic (exact) mass is 273 g/mol. The third-order valence-electron chi connectivity index (χ3n) is 2.95. The van der Waals surface area contributed by atoms with Gasteiger partial charge >= 0.3 is 0 Å². The second kappa shape index (κ2) is 5.67. The van der Waals surface area contributed by atoms with E-state index in [1.807, 2.05) is 13.0 Å². The van der Waals surface area contributed by atoms with E-state index in [4.69, 9.17) is 0 Å². The first kappa shape index (κ1) is 14.6. The van der Waals surface area contributed by atoms with Gasteiger partial charge in [-0.05, 0) is 51.5 Å². The zero-order chi connectivity index (χ0) is 14.8. The Balaban J connectivity index is 2.27. The van der Waals surface area contributed by atoms with Crippen LogP contribution in [0.1, 0.15) is 32.0 Å². The van der Waals surface area contributed by atoms with Crippen LogP contribution in [-0.2, 0) is 6.54 Å². The molecule has 0 aliphatic heterocycles. The van der Waals surface area contributed by atoms with Crippen molar-refractivity contribution in [2.75, 3.05) is 0 Å². The summed E-state index contributed by atoms with van der Waals surface area (Å²) in [6, 6.07) is 6.54. The summed E-state index contributed by atoms with van der Waals surface area (Å²) in [5.41, 5.74) is 2.63. The van der Waals surface area contributed by atoms with Gasteiger partial charge in [-0.25, -0.2) is 14.4 Å². The van der Waals surface area contributed by atoms with Crippen molar-refractivity contribution in [3.05, 3.63) is 47.5 Å². The van der Waals surface area contributed by atoms with Crippen LogP contribution in [0, 0.1) is 12.7 Å². The number of rotatable bonds is 3. The van der Waals surface area contributed by atoms with E-state index in [2.05, 4.69) is 36.1 Å². The summed E-state index contributed by atoms with van der Waals surface area (Å²) in [4.78, 5) is 8.76. The average Bonchev–Trinajstić information content (AvgIpc) is 2.39. The minimum Gasteiger partial charge on any atom is -0.306 e. The van der Waals surface area contributed by atoms with Gasteiger partial charge in [-0.15, -0.1) is 0 Å². The van der Waals surface area contributed by atoms with Crippen molar-refractivity contribution < 1.29 is 4.39 Å². The van der Waals surface area contributed by atoms with Gasteiger partial charge in [0.05, 0.1) is 5.69 Å². The molecule has 3 nitrogen and oxygen atoms in total. The summed E-state index contributed by atoms with van der Waals surface area (Å²) in [5.74, 6) is 0.294. The van der Waals surface area contributed by atoms with Crippen LogP contribution in [0.2, 0.25) is 0 Å². The molecule has 0 saturated carbocycles. The minimum atomic E-state index is -0.271. The molecule has 1 aromatic carbocycles. The number of halogens is 1. The highest BCUT2D eigenvalue weighted by Crippen LogP contribution is 2.20. The smallest absolute Gasteiger partial charge is 0.159 e. The topological polar surface area (TPSA) is 37.8 Å². The highest BCUT2D eigenvalue weighted by Gasteiger charge is 2.11. The molecule has 0 fully saturated rings. The van der Waals surface area contributed by atoms with Crippen molar-refractivity contribution in [2.24, 2.45) is 0 Å². The molecule has 20 heavy (non-hydrogen) atoms. The standard InChI is InChI=1S/C16H20FN3/c1-11-5-6-12(17)9-14(11)15-18-8-7-13(20-15)10-19-16(2,3)4/h5-9,19H,10H2,1-4H3. The number of aryl methyl sites for hydroxylation is 1. The normalized spacial score (nSPS) is 11.7. The second-order valence-electron chi connectivity index (χ2n) is 5.93. The number of nitrogens with zero attached hydrogens (tertiary/aromatic N) is 2. The fraction of sp³-hybridized carbons (Fsp3) is 0.375. The Bertz CT molecular complexity index is 603. The predicted molar refractivity (Wildman–Crippen MR) is 78.8 cm³/mol. The van der Waals surface area contributed by atoms with Crippen LogP contribution in [-0.4, -0.2) is 15.5 Å². The van der Waals surface area contributed by atoms with Crippen molar-refractivity contribution in [3.63, 3.8) is 0 Å². The number of benzene rings is 1. The Labute approximate surface area is 119 Å². The molecule has 0 unspecified atom stereocenters. The molecule has 0 spiro atoms. The molecule has 1 N–H and O–H groups in total. The lowest BCUT2D eigenvalue weighted by Crippen LogP contribution is -2.35. The van der Waals surface area contributed by atoms with Crippen LogP contribution >= 0.6 is 0 Å². The van der Waals surface area contributed by atoms with Crippen molar-refractivity contribution in [1.29, 1.82) is 0 Å². The molecule has 0 atom stereocenters. The average molecular weight is 273 g/mol. The van der Waals surface area contributed by atoms with E-state index in [9.17, 15) is 4.39 Å². The molecule has 0 amide bonds. The van der Waals surface area contributed by atoms with Gasteiger partial charge in [0.15, 0.2) is 5.82 Å². The number of aromatic nitrogens is 2. The molecule has 0 aliphatic rings. The maximum Gasteiger partial charge on any atom is 0.159 e. The van der Waals surface area contributed by atoms with E-state index in [0.717, 1.165) is 16.8 Å².